The molecule has 0 spiro atoms. The molecule has 0 unspecified atom stereocenters. The Hall–Kier alpha value is -6.84. The number of carbonyl (C=O) groups excluding carboxylic acids is 2. The van der Waals surface area contributed by atoms with Gasteiger partial charge in [0.25, 0.3) is 5.56 Å². The van der Waals surface area contributed by atoms with Gasteiger partial charge in [0.2, 0.25) is 24.2 Å². The summed E-state index contributed by atoms with van der Waals surface area (Å²) in [4.78, 5) is 45.9. The molecular weight excluding hydrogens is 791 g/mol. The molecule has 3 heterocycles. The molecule has 16 nitrogen and oxygen atoms in total. The lowest BCUT2D eigenvalue weighted by Crippen LogP contribution is -2.42. The number of esters is 1. The maximum Gasteiger partial charge on any atom is 0.310 e. The summed E-state index contributed by atoms with van der Waals surface area (Å²) in [6.45, 7) is 2.24. The lowest BCUT2D eigenvalue weighted by atomic mass is 9.65. The van der Waals surface area contributed by atoms with Gasteiger partial charge in [-0.25, -0.2) is 4.98 Å². The van der Waals surface area contributed by atoms with Crippen LogP contribution in [0.4, 0.5) is 0 Å². The highest BCUT2D eigenvalue weighted by Gasteiger charge is 2.53. The molecular formula is C45H47N3O13. The van der Waals surface area contributed by atoms with Crippen molar-refractivity contribution in [3.8, 4) is 57.4 Å². The fourth-order valence-corrected chi connectivity index (χ4v) is 8.72. The van der Waals surface area contributed by atoms with Crippen LogP contribution in [0.25, 0.3) is 16.6 Å². The van der Waals surface area contributed by atoms with E-state index in [1.165, 1.54) is 33.0 Å². The number of amides is 1. The van der Waals surface area contributed by atoms with E-state index >= 15 is 0 Å². The molecule has 0 bridgehead atoms. The number of carbonyl (C=O) groups is 2. The number of nitrogens with one attached hydrogen (secondary N) is 1. The first-order chi connectivity index (χ1) is 29.6. The first-order valence-electron chi connectivity index (χ1n) is 19.8. The molecule has 1 amide bonds. The maximum absolute atomic E-state index is 13.9. The second kappa shape index (κ2) is 17.0. The monoisotopic (exact) mass is 837 g/mol. The van der Waals surface area contributed by atoms with E-state index in [-0.39, 0.29) is 43.2 Å². The van der Waals surface area contributed by atoms with Crippen LogP contribution in [-0.4, -0.2) is 84.1 Å². The zero-order valence-electron chi connectivity index (χ0n) is 34.9. The summed E-state index contributed by atoms with van der Waals surface area (Å²) >= 11 is 0. The Kier molecular flexibility index (Phi) is 11.4. The minimum absolute atomic E-state index is 0.0594. The highest BCUT2D eigenvalue weighted by molar-refractivity contribution is 5.82. The van der Waals surface area contributed by atoms with Crippen molar-refractivity contribution < 1.29 is 57.0 Å². The van der Waals surface area contributed by atoms with Crippen molar-refractivity contribution in [2.45, 2.75) is 38.1 Å². The summed E-state index contributed by atoms with van der Waals surface area (Å²) in [5.41, 5.74) is 3.10. The third kappa shape index (κ3) is 7.40. The Morgan fingerprint density at radius 1 is 0.770 bits per heavy atom. The largest absolute Gasteiger partial charge is 0.494 e. The Morgan fingerprint density at radius 3 is 2.02 bits per heavy atom. The SMILES string of the molecule is COc1cc([C@@H]2c3cc4c(cc3[C@@H](NC(=O)CCCCOc3ccc5nc(C)n(-c6cc(OC)c(OC)c(OC)c6)c(=O)c5c3)[C@H]3COC(=O)[C@H]23)OCO4)cc(OC)c1OC. The van der Waals surface area contributed by atoms with E-state index in [0.717, 1.165) is 16.7 Å². The average molecular weight is 838 g/mol. The van der Waals surface area contributed by atoms with Crippen LogP contribution >= 0.6 is 0 Å². The first-order valence-corrected chi connectivity index (χ1v) is 19.8. The lowest BCUT2D eigenvalue weighted by Gasteiger charge is -2.39. The van der Waals surface area contributed by atoms with Gasteiger partial charge in [-0.3, -0.25) is 19.0 Å². The molecule has 16 heteroatoms. The standard InChI is InChI=1S/C45H47N3O13/c1-23-46-31-12-11-26(18-29(31)44(50)48(23)25-16-36(54-4)43(57-7)37(17-25)55-5)58-13-9-8-10-38(49)47-41-28-20-33-32(60-22-61-33)19-27(28)39(40-30(41)21-59-45(40)51)24-14-34(52-2)42(56-6)35(15-24)53-3/h11-12,14-20,30,39-41H,8-10,13,21-22H2,1-7H3,(H,47,49)/t30-,39+,40-,41+/m0/s1. The van der Waals surface area contributed by atoms with E-state index in [0.29, 0.717) is 93.6 Å². The fraction of sp³-hybridized carbons (Fsp3) is 0.378. The molecule has 4 atom stereocenters. The van der Waals surface area contributed by atoms with Crippen LogP contribution in [0.2, 0.25) is 0 Å². The summed E-state index contributed by atoms with van der Waals surface area (Å²) in [7, 11) is 9.15. The fourth-order valence-electron chi connectivity index (χ4n) is 8.72. The Balaban J connectivity index is 0.974. The number of aryl methyl sites for hydroxylation is 1. The third-order valence-electron chi connectivity index (χ3n) is 11.5. The summed E-state index contributed by atoms with van der Waals surface area (Å²) in [5.74, 6) is 2.60. The van der Waals surface area contributed by atoms with Crippen LogP contribution in [0.15, 0.2) is 59.4 Å². The van der Waals surface area contributed by atoms with Gasteiger partial charge >= 0.3 is 5.97 Å². The molecule has 1 saturated heterocycles. The van der Waals surface area contributed by atoms with Gasteiger partial charge in [-0.1, -0.05) is 0 Å². The maximum atomic E-state index is 13.9. The third-order valence-corrected chi connectivity index (χ3v) is 11.5. The minimum atomic E-state index is -0.624. The molecule has 1 fully saturated rings. The van der Waals surface area contributed by atoms with E-state index in [1.807, 2.05) is 24.3 Å². The molecule has 320 valence electrons. The number of unbranched alkanes of at least 4 members (excludes halogenated alkanes) is 1. The van der Waals surface area contributed by atoms with E-state index < -0.39 is 17.9 Å². The van der Waals surface area contributed by atoms with Gasteiger partial charge in [-0.15, -0.1) is 0 Å². The number of rotatable bonds is 15. The molecule has 1 aromatic heterocycles. The number of nitrogens with zero attached hydrogens (tertiary/aromatic N) is 2. The van der Waals surface area contributed by atoms with Crippen LogP contribution in [0.1, 0.15) is 53.7 Å². The van der Waals surface area contributed by atoms with Crippen molar-refractivity contribution >= 4 is 22.8 Å². The van der Waals surface area contributed by atoms with Crippen molar-refractivity contribution in [1.82, 2.24) is 14.9 Å². The Morgan fingerprint density at radius 2 is 1.39 bits per heavy atom. The van der Waals surface area contributed by atoms with Crippen molar-refractivity contribution in [3.05, 3.63) is 87.5 Å². The molecule has 3 aliphatic rings. The van der Waals surface area contributed by atoms with Gasteiger partial charge in [0.1, 0.15) is 11.6 Å². The van der Waals surface area contributed by atoms with Gasteiger partial charge in [0.05, 0.1) is 84.4 Å². The van der Waals surface area contributed by atoms with Crippen molar-refractivity contribution in [2.75, 3.05) is 62.7 Å². The van der Waals surface area contributed by atoms with E-state index in [2.05, 4.69) is 10.3 Å². The highest BCUT2D eigenvalue weighted by Crippen LogP contribution is 2.55. The minimum Gasteiger partial charge on any atom is -0.494 e. The lowest BCUT2D eigenvalue weighted by molar-refractivity contribution is -0.141. The van der Waals surface area contributed by atoms with Gasteiger partial charge in [0, 0.05) is 30.4 Å². The number of hydrogen-bond acceptors (Lipinski definition) is 14. The smallest absolute Gasteiger partial charge is 0.310 e. The number of benzene rings is 4. The van der Waals surface area contributed by atoms with Gasteiger partial charge in [-0.2, -0.15) is 0 Å². The zero-order chi connectivity index (χ0) is 42.9. The second-order valence-electron chi connectivity index (χ2n) is 14.8. The Bertz CT molecular complexity index is 2520. The van der Waals surface area contributed by atoms with E-state index in [1.54, 1.807) is 51.5 Å². The summed E-state index contributed by atoms with van der Waals surface area (Å²) in [6.07, 6.45) is 1.29. The van der Waals surface area contributed by atoms with Crippen LogP contribution in [0.5, 0.6) is 51.7 Å². The molecule has 2 aliphatic heterocycles. The van der Waals surface area contributed by atoms with Crippen molar-refractivity contribution in [1.29, 1.82) is 0 Å². The van der Waals surface area contributed by atoms with Gasteiger partial charge in [0.15, 0.2) is 34.5 Å². The van der Waals surface area contributed by atoms with E-state index in [9.17, 15) is 14.4 Å². The number of cyclic esters (lactones) is 1. The first kappa shape index (κ1) is 40.9. The summed E-state index contributed by atoms with van der Waals surface area (Å²) < 4.78 is 58.2. The molecule has 61 heavy (non-hydrogen) atoms. The molecule has 8 rings (SSSR count). The van der Waals surface area contributed by atoms with Crippen molar-refractivity contribution in [3.63, 3.8) is 0 Å². The number of hydrogen-bond donors (Lipinski definition) is 1. The Labute approximate surface area is 351 Å². The van der Waals surface area contributed by atoms with Gasteiger partial charge in [-0.05, 0) is 78.9 Å². The molecule has 0 radical (unpaired) electrons. The predicted molar refractivity (Wildman–Crippen MR) is 220 cm³/mol. The topological polar surface area (TPSA) is 173 Å². The van der Waals surface area contributed by atoms with Crippen LogP contribution < -0.4 is 53.5 Å². The highest BCUT2D eigenvalue weighted by atomic mass is 16.7. The normalized spacial score (nSPS) is 18.4. The molecule has 1 aliphatic carbocycles. The molecule has 5 aromatic rings. The number of methoxy groups -OCH3 is 6. The van der Waals surface area contributed by atoms with Gasteiger partial charge < -0.3 is 52.7 Å². The number of fused-ring (bicyclic) bond motifs is 4. The molecule has 4 aromatic carbocycles. The number of aromatic nitrogens is 2. The van der Waals surface area contributed by atoms with Crippen molar-refractivity contribution in [2.24, 2.45) is 11.8 Å². The van der Waals surface area contributed by atoms with Crippen LogP contribution in [0, 0.1) is 18.8 Å². The second-order valence-corrected chi connectivity index (χ2v) is 14.8. The molecule has 0 saturated carbocycles. The average Bonchev–Trinajstić information content (AvgIpc) is 3.90. The zero-order valence-corrected chi connectivity index (χ0v) is 34.9. The summed E-state index contributed by atoms with van der Waals surface area (Å²) in [6, 6.07) is 15.5. The summed E-state index contributed by atoms with van der Waals surface area (Å²) in [5, 5.41) is 3.60. The number of ether oxygens (including phenoxy) is 10. The molecule has 1 N–H and O–H groups in total. The van der Waals surface area contributed by atoms with Crippen LogP contribution in [0.3, 0.4) is 0 Å². The quantitative estimate of drug-likeness (QED) is 0.0988. The van der Waals surface area contributed by atoms with Crippen LogP contribution in [-0.2, 0) is 14.3 Å². The van der Waals surface area contributed by atoms with E-state index in [4.69, 9.17) is 47.4 Å². The predicted octanol–water partition coefficient (Wildman–Crippen LogP) is 5.82.